The average Bonchev–Trinajstić information content (AvgIpc) is 2.47. The summed E-state index contributed by atoms with van der Waals surface area (Å²) in [5.41, 5.74) is 1.64. The van der Waals surface area contributed by atoms with Gasteiger partial charge in [-0.15, -0.1) is 0 Å². The molecule has 22 heavy (non-hydrogen) atoms. The lowest BCUT2D eigenvalue weighted by Gasteiger charge is -2.30. The number of rotatable bonds is 4. The minimum Gasteiger partial charge on any atom is -0.349 e. The van der Waals surface area contributed by atoms with Crippen molar-refractivity contribution in [2.75, 3.05) is 6.26 Å². The van der Waals surface area contributed by atoms with Gasteiger partial charge in [0.15, 0.2) is 0 Å². The van der Waals surface area contributed by atoms with Crippen molar-refractivity contribution >= 4 is 17.7 Å². The molecule has 122 valence electrons. The molecule has 1 amide bonds. The molecule has 1 aliphatic rings. The summed E-state index contributed by atoms with van der Waals surface area (Å²) in [5.74, 6) is -0.582. The molecular weight excluding hydrogens is 311 g/mol. The van der Waals surface area contributed by atoms with E-state index in [0.29, 0.717) is 18.4 Å². The summed E-state index contributed by atoms with van der Waals surface area (Å²) in [5, 5.41) is 2.86. The zero-order valence-electron chi connectivity index (χ0n) is 12.5. The first-order valence-electron chi connectivity index (χ1n) is 7.35. The van der Waals surface area contributed by atoms with Crippen LogP contribution in [0.1, 0.15) is 41.6 Å². The maximum Gasteiger partial charge on any atom is 0.391 e. The van der Waals surface area contributed by atoms with E-state index in [1.54, 1.807) is 17.8 Å². The van der Waals surface area contributed by atoms with Gasteiger partial charge in [-0.25, -0.2) is 0 Å². The molecule has 0 radical (unpaired) electrons. The molecule has 0 aliphatic heterocycles. The second-order valence-corrected chi connectivity index (χ2v) is 6.56. The molecule has 1 aliphatic carbocycles. The van der Waals surface area contributed by atoms with Gasteiger partial charge >= 0.3 is 6.18 Å². The van der Waals surface area contributed by atoms with Crippen LogP contribution in [-0.4, -0.2) is 24.4 Å². The number of hydrogen-bond donors (Lipinski definition) is 1. The van der Waals surface area contributed by atoms with E-state index in [0.717, 1.165) is 11.3 Å². The molecule has 0 spiro atoms. The lowest BCUT2D eigenvalue weighted by atomic mass is 9.85. The molecular formula is C16H20F3NOS. The summed E-state index contributed by atoms with van der Waals surface area (Å²) in [6.07, 6.45) is -1.14. The van der Waals surface area contributed by atoms with E-state index < -0.39 is 12.1 Å². The smallest absolute Gasteiger partial charge is 0.349 e. The number of halogens is 3. The molecule has 0 saturated heterocycles. The SMILES string of the molecule is CSCc1cccc(C(=O)NC2CCC(C(F)(F)F)CC2)c1. The molecule has 1 aromatic rings. The first-order valence-corrected chi connectivity index (χ1v) is 8.75. The van der Waals surface area contributed by atoms with Gasteiger partial charge in [-0.1, -0.05) is 12.1 Å². The van der Waals surface area contributed by atoms with Crippen LogP contribution in [0.3, 0.4) is 0 Å². The van der Waals surface area contributed by atoms with Crippen LogP contribution in [-0.2, 0) is 5.75 Å². The molecule has 0 atom stereocenters. The molecule has 2 nitrogen and oxygen atoms in total. The number of hydrogen-bond acceptors (Lipinski definition) is 2. The van der Waals surface area contributed by atoms with Crippen LogP contribution < -0.4 is 5.32 Å². The van der Waals surface area contributed by atoms with Gasteiger partial charge in [0, 0.05) is 17.4 Å². The monoisotopic (exact) mass is 331 g/mol. The zero-order chi connectivity index (χ0) is 16.2. The average molecular weight is 331 g/mol. The highest BCUT2D eigenvalue weighted by molar-refractivity contribution is 7.97. The number of carbonyl (C=O) groups is 1. The summed E-state index contributed by atoms with van der Waals surface area (Å²) in [7, 11) is 0. The number of benzene rings is 1. The standard InChI is InChI=1S/C16H20F3NOS/c1-22-10-11-3-2-4-12(9-11)15(21)20-14-7-5-13(6-8-14)16(17,18)19/h2-4,9,13-14H,5-8,10H2,1H3,(H,20,21). The van der Waals surface area contributed by atoms with E-state index in [9.17, 15) is 18.0 Å². The van der Waals surface area contributed by atoms with Gasteiger partial charge in [0.05, 0.1) is 5.92 Å². The maximum atomic E-state index is 12.6. The summed E-state index contributed by atoms with van der Waals surface area (Å²) in [6, 6.07) is 7.21. The van der Waals surface area contributed by atoms with Crippen LogP contribution in [0, 0.1) is 5.92 Å². The molecule has 1 saturated carbocycles. The second-order valence-electron chi connectivity index (χ2n) is 5.70. The molecule has 1 fully saturated rings. The predicted octanol–water partition coefficient (Wildman–Crippen LogP) is 4.40. The van der Waals surface area contributed by atoms with Crippen LogP contribution in [0.5, 0.6) is 0 Å². The van der Waals surface area contributed by atoms with Gasteiger partial charge < -0.3 is 5.32 Å². The van der Waals surface area contributed by atoms with Gasteiger partial charge in [-0.05, 0) is 49.6 Å². The van der Waals surface area contributed by atoms with E-state index in [1.165, 1.54) is 0 Å². The Bertz CT molecular complexity index is 510. The maximum absolute atomic E-state index is 12.6. The largest absolute Gasteiger partial charge is 0.391 e. The Labute approximate surface area is 132 Å². The lowest BCUT2D eigenvalue weighted by molar-refractivity contribution is -0.182. The number of amides is 1. The number of alkyl halides is 3. The fraction of sp³-hybridized carbons (Fsp3) is 0.562. The van der Waals surface area contributed by atoms with Gasteiger partial charge in [-0.3, -0.25) is 4.79 Å². The first-order chi connectivity index (χ1) is 10.4. The summed E-state index contributed by atoms with van der Waals surface area (Å²) >= 11 is 1.68. The van der Waals surface area contributed by atoms with Crippen molar-refractivity contribution in [2.24, 2.45) is 5.92 Å². The lowest BCUT2D eigenvalue weighted by Crippen LogP contribution is -2.40. The van der Waals surface area contributed by atoms with Gasteiger partial charge in [0.25, 0.3) is 5.91 Å². The van der Waals surface area contributed by atoms with E-state index in [-0.39, 0.29) is 24.8 Å². The molecule has 1 aromatic carbocycles. The van der Waals surface area contributed by atoms with E-state index in [4.69, 9.17) is 0 Å². The Morgan fingerprint density at radius 3 is 2.55 bits per heavy atom. The van der Waals surface area contributed by atoms with Crippen molar-refractivity contribution in [3.05, 3.63) is 35.4 Å². The minimum atomic E-state index is -4.11. The molecule has 0 heterocycles. The van der Waals surface area contributed by atoms with E-state index in [1.807, 2.05) is 24.5 Å². The quantitative estimate of drug-likeness (QED) is 0.886. The molecule has 1 N–H and O–H groups in total. The fourth-order valence-corrected chi connectivity index (χ4v) is 3.32. The molecule has 0 unspecified atom stereocenters. The third kappa shape index (κ3) is 4.66. The van der Waals surface area contributed by atoms with E-state index >= 15 is 0 Å². The van der Waals surface area contributed by atoms with Crippen molar-refractivity contribution < 1.29 is 18.0 Å². The van der Waals surface area contributed by atoms with Gasteiger partial charge in [0.2, 0.25) is 0 Å². The van der Waals surface area contributed by atoms with Crippen molar-refractivity contribution in [1.82, 2.24) is 5.32 Å². The Hall–Kier alpha value is -1.17. The first kappa shape index (κ1) is 17.2. The van der Waals surface area contributed by atoms with Crippen molar-refractivity contribution in [3.8, 4) is 0 Å². The molecule has 0 bridgehead atoms. The van der Waals surface area contributed by atoms with Crippen molar-refractivity contribution in [2.45, 2.75) is 43.7 Å². The minimum absolute atomic E-state index is 0.0982. The molecule has 2 rings (SSSR count). The van der Waals surface area contributed by atoms with Crippen molar-refractivity contribution in [3.63, 3.8) is 0 Å². The zero-order valence-corrected chi connectivity index (χ0v) is 13.3. The van der Waals surface area contributed by atoms with Gasteiger partial charge in [0.1, 0.15) is 0 Å². The number of carbonyl (C=O) groups excluding carboxylic acids is 1. The highest BCUT2D eigenvalue weighted by Crippen LogP contribution is 2.37. The van der Waals surface area contributed by atoms with E-state index in [2.05, 4.69) is 5.32 Å². The third-order valence-corrected chi connectivity index (χ3v) is 4.65. The third-order valence-electron chi connectivity index (χ3n) is 4.03. The number of thioether (sulfide) groups is 1. The molecule has 0 aromatic heterocycles. The Morgan fingerprint density at radius 2 is 1.95 bits per heavy atom. The highest BCUT2D eigenvalue weighted by atomic mass is 32.2. The summed E-state index contributed by atoms with van der Waals surface area (Å²) in [6.45, 7) is 0. The van der Waals surface area contributed by atoms with Crippen LogP contribution >= 0.6 is 11.8 Å². The Morgan fingerprint density at radius 1 is 1.27 bits per heavy atom. The second kappa shape index (κ2) is 7.40. The fourth-order valence-electron chi connectivity index (χ4n) is 2.80. The normalized spacial score (nSPS) is 22.4. The molecule has 6 heteroatoms. The van der Waals surface area contributed by atoms with Crippen LogP contribution in [0.4, 0.5) is 13.2 Å². The highest BCUT2D eigenvalue weighted by Gasteiger charge is 2.41. The van der Waals surface area contributed by atoms with Gasteiger partial charge in [-0.2, -0.15) is 24.9 Å². The Kier molecular flexibility index (Phi) is 5.78. The topological polar surface area (TPSA) is 29.1 Å². The van der Waals surface area contributed by atoms with Crippen LogP contribution in [0.2, 0.25) is 0 Å². The number of nitrogens with one attached hydrogen (secondary N) is 1. The van der Waals surface area contributed by atoms with Crippen LogP contribution in [0.25, 0.3) is 0 Å². The summed E-state index contributed by atoms with van der Waals surface area (Å²) < 4.78 is 37.9. The van der Waals surface area contributed by atoms with Crippen LogP contribution in [0.15, 0.2) is 24.3 Å². The predicted molar refractivity (Wildman–Crippen MR) is 82.9 cm³/mol. The Balaban J connectivity index is 1.89. The summed E-state index contributed by atoms with van der Waals surface area (Å²) in [4.78, 5) is 12.2. The van der Waals surface area contributed by atoms with Crippen molar-refractivity contribution in [1.29, 1.82) is 0 Å².